The molecule has 166 valence electrons. The number of hydrogen-bond acceptors (Lipinski definition) is 5. The van der Waals surface area contributed by atoms with Gasteiger partial charge in [0.2, 0.25) is 5.91 Å². The molecule has 2 N–H and O–H groups in total. The molecule has 2 aromatic rings. The number of carbonyl (C=O) groups excluding carboxylic acids is 2. The van der Waals surface area contributed by atoms with E-state index in [1.165, 1.54) is 5.56 Å². The van der Waals surface area contributed by atoms with Gasteiger partial charge < -0.3 is 10.1 Å². The first-order valence-corrected chi connectivity index (χ1v) is 10.9. The second kappa shape index (κ2) is 11.5. The summed E-state index contributed by atoms with van der Waals surface area (Å²) in [6, 6.07) is 17.0. The first-order valence-electron chi connectivity index (χ1n) is 10.9. The largest absolute Gasteiger partial charge is 0.494 e. The predicted molar refractivity (Wildman–Crippen MR) is 121 cm³/mol. The predicted octanol–water partition coefficient (Wildman–Crippen LogP) is 2.62. The van der Waals surface area contributed by atoms with Crippen molar-refractivity contribution in [3.05, 3.63) is 65.7 Å². The van der Waals surface area contributed by atoms with E-state index in [-0.39, 0.29) is 11.9 Å². The van der Waals surface area contributed by atoms with E-state index < -0.39 is 6.03 Å². The molecule has 7 heteroatoms. The molecule has 0 aliphatic carbocycles. The van der Waals surface area contributed by atoms with Gasteiger partial charge in [-0.1, -0.05) is 42.5 Å². The summed E-state index contributed by atoms with van der Waals surface area (Å²) >= 11 is 0. The molecular formula is C24H32N4O3. The standard InChI is InChI=1S/C24H32N4O3/c1-3-31-22-11-9-21(10-12-22)18-27-13-15-28(16-14-27)19(2)23(29)26-24(30)25-17-20-7-5-4-6-8-20/h4-12,19H,3,13-18H2,1-2H3,(H2,25,26,29,30). The average molecular weight is 425 g/mol. The average Bonchev–Trinajstić information content (AvgIpc) is 2.80. The second-order valence-electron chi connectivity index (χ2n) is 7.72. The summed E-state index contributed by atoms with van der Waals surface area (Å²) in [5, 5.41) is 5.19. The number of nitrogens with zero attached hydrogens (tertiary/aromatic N) is 2. The van der Waals surface area contributed by atoms with E-state index in [0.29, 0.717) is 13.2 Å². The molecule has 3 amide bonds. The van der Waals surface area contributed by atoms with Gasteiger partial charge in [-0.25, -0.2) is 4.79 Å². The minimum Gasteiger partial charge on any atom is -0.494 e. The van der Waals surface area contributed by atoms with Crippen LogP contribution in [-0.2, 0) is 17.9 Å². The van der Waals surface area contributed by atoms with E-state index >= 15 is 0 Å². The Morgan fingerprint density at radius 2 is 1.65 bits per heavy atom. The number of nitrogens with one attached hydrogen (secondary N) is 2. The molecule has 0 radical (unpaired) electrons. The minimum atomic E-state index is -0.463. The molecule has 2 aromatic carbocycles. The van der Waals surface area contributed by atoms with Crippen molar-refractivity contribution in [1.29, 1.82) is 0 Å². The lowest BCUT2D eigenvalue weighted by Gasteiger charge is -2.37. The van der Waals surface area contributed by atoms with Crippen molar-refractivity contribution in [2.45, 2.75) is 33.0 Å². The van der Waals surface area contributed by atoms with Gasteiger partial charge in [0.1, 0.15) is 5.75 Å². The molecule has 7 nitrogen and oxygen atoms in total. The number of imide groups is 1. The van der Waals surface area contributed by atoms with Gasteiger partial charge in [0.05, 0.1) is 12.6 Å². The van der Waals surface area contributed by atoms with Crippen LogP contribution in [-0.4, -0.2) is 60.6 Å². The summed E-state index contributed by atoms with van der Waals surface area (Å²) in [6.07, 6.45) is 0. The van der Waals surface area contributed by atoms with Gasteiger partial charge >= 0.3 is 6.03 Å². The molecule has 31 heavy (non-hydrogen) atoms. The van der Waals surface area contributed by atoms with Crippen LogP contribution in [0.4, 0.5) is 4.79 Å². The smallest absolute Gasteiger partial charge is 0.321 e. The lowest BCUT2D eigenvalue weighted by molar-refractivity contribution is -0.125. The van der Waals surface area contributed by atoms with Gasteiger partial charge in [-0.05, 0) is 37.1 Å². The van der Waals surface area contributed by atoms with E-state index in [4.69, 9.17) is 4.74 Å². The molecule has 1 aliphatic heterocycles. The first-order chi connectivity index (χ1) is 15.0. The summed E-state index contributed by atoms with van der Waals surface area (Å²) in [5.41, 5.74) is 2.24. The van der Waals surface area contributed by atoms with Gasteiger partial charge in [-0.3, -0.25) is 19.9 Å². The number of carbonyl (C=O) groups is 2. The van der Waals surface area contributed by atoms with E-state index in [1.54, 1.807) is 0 Å². The quantitative estimate of drug-likeness (QED) is 0.682. The van der Waals surface area contributed by atoms with Gasteiger partial charge in [0, 0.05) is 39.3 Å². The monoisotopic (exact) mass is 424 g/mol. The molecule has 3 rings (SSSR count). The molecule has 0 saturated carbocycles. The summed E-state index contributed by atoms with van der Waals surface area (Å²) in [5.74, 6) is 0.620. The zero-order valence-corrected chi connectivity index (χ0v) is 18.3. The van der Waals surface area contributed by atoms with Crippen molar-refractivity contribution >= 4 is 11.9 Å². The van der Waals surface area contributed by atoms with Crippen molar-refractivity contribution in [2.75, 3.05) is 32.8 Å². The normalized spacial score (nSPS) is 15.8. The zero-order valence-electron chi connectivity index (χ0n) is 18.3. The highest BCUT2D eigenvalue weighted by atomic mass is 16.5. The van der Waals surface area contributed by atoms with Crippen molar-refractivity contribution in [3.63, 3.8) is 0 Å². The van der Waals surface area contributed by atoms with Crippen LogP contribution in [0.25, 0.3) is 0 Å². The Bertz CT molecular complexity index is 834. The van der Waals surface area contributed by atoms with Gasteiger partial charge in [-0.2, -0.15) is 0 Å². The van der Waals surface area contributed by atoms with E-state index in [1.807, 2.05) is 56.3 Å². The number of hydrogen-bond donors (Lipinski definition) is 2. The van der Waals surface area contributed by atoms with E-state index in [2.05, 4.69) is 32.6 Å². The first kappa shape index (κ1) is 22.8. The van der Waals surface area contributed by atoms with Crippen LogP contribution >= 0.6 is 0 Å². The topological polar surface area (TPSA) is 73.9 Å². The highest BCUT2D eigenvalue weighted by Gasteiger charge is 2.26. The molecule has 0 bridgehead atoms. The summed E-state index contributed by atoms with van der Waals surface area (Å²) in [4.78, 5) is 29.0. The maximum absolute atomic E-state index is 12.5. The van der Waals surface area contributed by atoms with Gasteiger partial charge in [0.25, 0.3) is 0 Å². The molecule has 1 saturated heterocycles. The SMILES string of the molecule is CCOc1ccc(CN2CCN(C(C)C(=O)NC(=O)NCc3ccccc3)CC2)cc1. The number of rotatable bonds is 8. The van der Waals surface area contributed by atoms with E-state index in [9.17, 15) is 9.59 Å². The molecule has 1 fully saturated rings. The van der Waals surface area contributed by atoms with Crippen LogP contribution < -0.4 is 15.4 Å². The van der Waals surface area contributed by atoms with Crippen molar-refractivity contribution < 1.29 is 14.3 Å². The van der Waals surface area contributed by atoms with Crippen LogP contribution in [0.15, 0.2) is 54.6 Å². The fourth-order valence-electron chi connectivity index (χ4n) is 3.63. The minimum absolute atomic E-state index is 0.273. The van der Waals surface area contributed by atoms with Crippen molar-refractivity contribution in [1.82, 2.24) is 20.4 Å². The van der Waals surface area contributed by atoms with Gasteiger partial charge in [-0.15, -0.1) is 0 Å². The van der Waals surface area contributed by atoms with Crippen LogP contribution in [0.3, 0.4) is 0 Å². The third-order valence-corrected chi connectivity index (χ3v) is 5.51. The number of amides is 3. The third kappa shape index (κ3) is 7.08. The maximum atomic E-state index is 12.5. The Morgan fingerprint density at radius 1 is 0.968 bits per heavy atom. The lowest BCUT2D eigenvalue weighted by Crippen LogP contribution is -2.55. The second-order valence-corrected chi connectivity index (χ2v) is 7.72. The molecule has 1 unspecified atom stereocenters. The van der Waals surface area contributed by atoms with Crippen molar-refractivity contribution in [2.24, 2.45) is 0 Å². The lowest BCUT2D eigenvalue weighted by atomic mass is 10.1. The summed E-state index contributed by atoms with van der Waals surface area (Å²) in [7, 11) is 0. The Morgan fingerprint density at radius 3 is 2.29 bits per heavy atom. The highest BCUT2D eigenvalue weighted by Crippen LogP contribution is 2.15. The Hall–Kier alpha value is -2.90. The fourth-order valence-corrected chi connectivity index (χ4v) is 3.63. The highest BCUT2D eigenvalue weighted by molar-refractivity contribution is 5.96. The van der Waals surface area contributed by atoms with Gasteiger partial charge in [0.15, 0.2) is 0 Å². The van der Waals surface area contributed by atoms with Crippen molar-refractivity contribution in [3.8, 4) is 5.75 Å². The molecule has 0 aromatic heterocycles. The number of ether oxygens (including phenoxy) is 1. The number of benzene rings is 2. The number of piperazine rings is 1. The summed E-state index contributed by atoms with van der Waals surface area (Å²) < 4.78 is 5.49. The molecular weight excluding hydrogens is 392 g/mol. The van der Waals surface area contributed by atoms with E-state index in [0.717, 1.165) is 44.0 Å². The van der Waals surface area contributed by atoms with Crippen LogP contribution in [0, 0.1) is 0 Å². The molecule has 1 aliphatic rings. The Balaban J connectivity index is 1.39. The Kier molecular flexibility index (Phi) is 8.44. The molecule has 0 spiro atoms. The van der Waals surface area contributed by atoms with Crippen LogP contribution in [0.5, 0.6) is 5.75 Å². The summed E-state index contributed by atoms with van der Waals surface area (Å²) in [6.45, 7) is 9.10. The van der Waals surface area contributed by atoms with Crippen LogP contribution in [0.1, 0.15) is 25.0 Å². The Labute approximate surface area is 184 Å². The molecule has 1 heterocycles. The third-order valence-electron chi connectivity index (χ3n) is 5.51. The fraction of sp³-hybridized carbons (Fsp3) is 0.417. The maximum Gasteiger partial charge on any atom is 0.321 e. The molecule has 1 atom stereocenters. The number of urea groups is 1. The zero-order chi connectivity index (χ0) is 22.1. The van der Waals surface area contributed by atoms with Crippen LogP contribution in [0.2, 0.25) is 0 Å².